The second-order valence-corrected chi connectivity index (χ2v) is 7.46. The Morgan fingerprint density at radius 2 is 1.81 bits per heavy atom. The van der Waals surface area contributed by atoms with Gasteiger partial charge in [0.1, 0.15) is 0 Å². The van der Waals surface area contributed by atoms with Gasteiger partial charge in [0, 0.05) is 12.0 Å². The third-order valence-corrected chi connectivity index (χ3v) is 5.64. The molecule has 2 aliphatic carbocycles. The fourth-order valence-corrected chi connectivity index (χ4v) is 4.35. The smallest absolute Gasteiger partial charge is 0.222 e. The van der Waals surface area contributed by atoms with E-state index in [1.807, 2.05) is 7.05 Å². The number of hydrogen-bond acceptors (Lipinski definition) is 3. The number of amides is 1. The van der Waals surface area contributed by atoms with Gasteiger partial charge in [-0.3, -0.25) is 4.79 Å². The lowest BCUT2D eigenvalue weighted by atomic mass is 9.75. The van der Waals surface area contributed by atoms with Crippen LogP contribution in [0.15, 0.2) is 0 Å². The van der Waals surface area contributed by atoms with Gasteiger partial charge in [0.15, 0.2) is 0 Å². The van der Waals surface area contributed by atoms with Crippen LogP contribution in [0.3, 0.4) is 0 Å². The molecule has 2 rings (SSSR count). The van der Waals surface area contributed by atoms with Crippen molar-refractivity contribution in [2.45, 2.75) is 82.2 Å². The highest BCUT2D eigenvalue weighted by Gasteiger charge is 2.38. The highest BCUT2D eigenvalue weighted by Crippen LogP contribution is 2.34. The normalized spacial score (nSPS) is 32.6. The van der Waals surface area contributed by atoms with Crippen molar-refractivity contribution in [1.82, 2.24) is 10.6 Å². The zero-order chi connectivity index (χ0) is 15.3. The molecule has 122 valence electrons. The Labute approximate surface area is 129 Å². The van der Waals surface area contributed by atoms with Crippen molar-refractivity contribution >= 4 is 5.91 Å². The van der Waals surface area contributed by atoms with Gasteiger partial charge in [-0.05, 0) is 38.6 Å². The van der Waals surface area contributed by atoms with Gasteiger partial charge in [-0.1, -0.05) is 39.0 Å². The molecule has 0 bridgehead atoms. The number of carbonyl (C=O) groups excluding carboxylic acids is 1. The Hall–Kier alpha value is -0.610. The summed E-state index contributed by atoms with van der Waals surface area (Å²) in [6, 6.07) is 0. The fraction of sp³-hybridized carbons (Fsp3) is 0.941. The first-order valence-corrected chi connectivity index (χ1v) is 8.64. The van der Waals surface area contributed by atoms with Crippen LogP contribution in [-0.2, 0) is 4.79 Å². The van der Waals surface area contributed by atoms with Gasteiger partial charge in [-0.2, -0.15) is 0 Å². The molecule has 2 aliphatic rings. The highest BCUT2D eigenvalue weighted by molar-refractivity contribution is 5.78. The molecule has 4 nitrogen and oxygen atoms in total. The van der Waals surface area contributed by atoms with E-state index in [4.69, 9.17) is 0 Å². The molecule has 0 aromatic heterocycles. The van der Waals surface area contributed by atoms with Crippen LogP contribution in [0.4, 0.5) is 0 Å². The van der Waals surface area contributed by atoms with E-state index in [0.29, 0.717) is 12.3 Å². The van der Waals surface area contributed by atoms with Crippen molar-refractivity contribution in [2.24, 2.45) is 5.92 Å². The summed E-state index contributed by atoms with van der Waals surface area (Å²) in [6.07, 6.45) is 10.5. The first-order chi connectivity index (χ1) is 10.0. The van der Waals surface area contributed by atoms with E-state index in [1.165, 1.54) is 25.7 Å². The Morgan fingerprint density at radius 1 is 1.14 bits per heavy atom. The maximum absolute atomic E-state index is 12.6. The molecule has 4 heteroatoms. The van der Waals surface area contributed by atoms with E-state index in [1.54, 1.807) is 0 Å². The zero-order valence-electron chi connectivity index (χ0n) is 13.7. The highest BCUT2D eigenvalue weighted by atomic mass is 16.3. The quantitative estimate of drug-likeness (QED) is 0.730. The van der Waals surface area contributed by atoms with Gasteiger partial charge < -0.3 is 15.7 Å². The lowest BCUT2D eigenvalue weighted by Crippen LogP contribution is -2.56. The summed E-state index contributed by atoms with van der Waals surface area (Å²) >= 11 is 0. The lowest BCUT2D eigenvalue weighted by molar-refractivity contribution is -0.126. The molecule has 0 saturated heterocycles. The third-order valence-electron chi connectivity index (χ3n) is 5.64. The predicted molar refractivity (Wildman–Crippen MR) is 85.1 cm³/mol. The van der Waals surface area contributed by atoms with Crippen LogP contribution in [0.2, 0.25) is 0 Å². The van der Waals surface area contributed by atoms with Gasteiger partial charge in [-0.15, -0.1) is 0 Å². The fourth-order valence-electron chi connectivity index (χ4n) is 4.35. The van der Waals surface area contributed by atoms with E-state index in [9.17, 15) is 9.90 Å². The largest absolute Gasteiger partial charge is 0.394 e. The van der Waals surface area contributed by atoms with Crippen molar-refractivity contribution in [1.29, 1.82) is 0 Å². The number of hydrogen-bond donors (Lipinski definition) is 3. The summed E-state index contributed by atoms with van der Waals surface area (Å²) in [4.78, 5) is 12.6. The van der Waals surface area contributed by atoms with Crippen LogP contribution >= 0.6 is 0 Å². The van der Waals surface area contributed by atoms with Crippen LogP contribution in [0, 0.1) is 5.92 Å². The predicted octanol–water partition coefficient (Wildman–Crippen LogP) is 2.36. The summed E-state index contributed by atoms with van der Waals surface area (Å²) in [7, 11) is 1.98. The molecule has 2 saturated carbocycles. The molecule has 2 unspecified atom stereocenters. The SMILES string of the molecule is CNC1(CC(=O)NC2(CO)CCCC(C)C2)CCCCC1. The van der Waals surface area contributed by atoms with Gasteiger partial charge in [0.05, 0.1) is 12.1 Å². The first kappa shape index (κ1) is 16.8. The van der Waals surface area contributed by atoms with Gasteiger partial charge >= 0.3 is 0 Å². The molecule has 1 amide bonds. The van der Waals surface area contributed by atoms with Crippen molar-refractivity contribution in [3.8, 4) is 0 Å². The maximum atomic E-state index is 12.6. The van der Waals surface area contributed by atoms with Crippen LogP contribution < -0.4 is 10.6 Å². The van der Waals surface area contributed by atoms with E-state index in [2.05, 4.69) is 17.6 Å². The first-order valence-electron chi connectivity index (χ1n) is 8.64. The molecule has 2 fully saturated rings. The van der Waals surface area contributed by atoms with Crippen LogP contribution in [0.1, 0.15) is 71.1 Å². The molecule has 2 atom stereocenters. The van der Waals surface area contributed by atoms with Gasteiger partial charge in [0.2, 0.25) is 5.91 Å². The third kappa shape index (κ3) is 4.19. The van der Waals surface area contributed by atoms with E-state index in [0.717, 1.165) is 32.1 Å². The Balaban J connectivity index is 1.95. The Kier molecular flexibility index (Phi) is 5.67. The average molecular weight is 296 g/mol. The molecular formula is C17H32N2O2. The minimum Gasteiger partial charge on any atom is -0.394 e. The maximum Gasteiger partial charge on any atom is 0.222 e. The summed E-state index contributed by atoms with van der Waals surface area (Å²) in [6.45, 7) is 2.28. The van der Waals surface area contributed by atoms with E-state index in [-0.39, 0.29) is 23.6 Å². The number of carbonyl (C=O) groups is 1. The number of aliphatic hydroxyl groups excluding tert-OH is 1. The molecule has 21 heavy (non-hydrogen) atoms. The summed E-state index contributed by atoms with van der Waals surface area (Å²) in [5, 5.41) is 16.4. The van der Waals surface area contributed by atoms with Crippen LogP contribution in [0.5, 0.6) is 0 Å². The molecule has 0 aromatic carbocycles. The monoisotopic (exact) mass is 296 g/mol. The molecule has 3 N–H and O–H groups in total. The molecule has 0 aromatic rings. The lowest BCUT2D eigenvalue weighted by Gasteiger charge is -2.41. The minimum atomic E-state index is -0.377. The van der Waals surface area contributed by atoms with Crippen LogP contribution in [0.25, 0.3) is 0 Å². The molecule has 0 aliphatic heterocycles. The van der Waals surface area contributed by atoms with E-state index >= 15 is 0 Å². The van der Waals surface area contributed by atoms with Crippen LogP contribution in [-0.4, -0.2) is 35.7 Å². The second-order valence-electron chi connectivity index (χ2n) is 7.46. The zero-order valence-corrected chi connectivity index (χ0v) is 13.7. The van der Waals surface area contributed by atoms with Crippen molar-refractivity contribution in [3.05, 3.63) is 0 Å². The summed E-state index contributed by atoms with van der Waals surface area (Å²) < 4.78 is 0. The Bertz CT molecular complexity index is 353. The topological polar surface area (TPSA) is 61.4 Å². The molecule has 0 heterocycles. The van der Waals surface area contributed by atoms with E-state index < -0.39 is 0 Å². The number of rotatable bonds is 5. The average Bonchev–Trinajstić information content (AvgIpc) is 2.48. The summed E-state index contributed by atoms with van der Waals surface area (Å²) in [5.41, 5.74) is -0.405. The van der Waals surface area contributed by atoms with Gasteiger partial charge in [0.25, 0.3) is 0 Å². The number of aliphatic hydroxyl groups is 1. The van der Waals surface area contributed by atoms with Gasteiger partial charge in [-0.25, -0.2) is 0 Å². The molecule has 0 radical (unpaired) electrons. The van der Waals surface area contributed by atoms with Crippen molar-refractivity contribution in [2.75, 3.05) is 13.7 Å². The molecule has 0 spiro atoms. The minimum absolute atomic E-state index is 0.0285. The number of nitrogens with one attached hydrogen (secondary N) is 2. The second kappa shape index (κ2) is 7.10. The van der Waals surface area contributed by atoms with Crippen molar-refractivity contribution in [3.63, 3.8) is 0 Å². The van der Waals surface area contributed by atoms with Crippen molar-refractivity contribution < 1.29 is 9.90 Å². The standard InChI is InChI=1S/C17H32N2O2/c1-14-7-6-10-17(11-14,13-20)19-15(21)12-16(18-2)8-4-3-5-9-16/h14,18,20H,3-13H2,1-2H3,(H,19,21). The summed E-state index contributed by atoms with van der Waals surface area (Å²) in [5.74, 6) is 0.688. The molecular weight excluding hydrogens is 264 g/mol. The Morgan fingerprint density at radius 3 is 2.38 bits per heavy atom.